The molecule has 2 aliphatic heterocycles. The number of pyridine rings is 1. The van der Waals surface area contributed by atoms with Crippen LogP contribution in [0.15, 0.2) is 60.8 Å². The summed E-state index contributed by atoms with van der Waals surface area (Å²) in [5.74, 6) is -0.247. The number of likely N-dealkylation sites (N-methyl/N-ethyl adjacent to an activating group) is 1. The molecule has 2 aromatic carbocycles. The van der Waals surface area contributed by atoms with Crippen molar-refractivity contribution in [1.82, 2.24) is 10.3 Å². The van der Waals surface area contributed by atoms with Gasteiger partial charge in [-0.1, -0.05) is 23.7 Å². The second-order valence-corrected chi connectivity index (χ2v) is 10.7. The first-order chi connectivity index (χ1) is 16.6. The van der Waals surface area contributed by atoms with Gasteiger partial charge in [0, 0.05) is 35.2 Å². The SMILES string of the molecule is CC1=CC(C)(C)N(C)c2cc(Cl)c([C@H]3[C@@H](c4ccccn4)NC(=S)N3c3ccc(F)c(C)c3)cc21. The summed E-state index contributed by atoms with van der Waals surface area (Å²) in [7, 11) is 2.09. The third-order valence-corrected chi connectivity index (χ3v) is 7.81. The third kappa shape index (κ3) is 3.99. The Morgan fingerprint density at radius 2 is 1.89 bits per heavy atom. The normalized spacial score (nSPS) is 21.0. The van der Waals surface area contributed by atoms with Gasteiger partial charge in [-0.25, -0.2) is 4.39 Å². The smallest absolute Gasteiger partial charge is 0.174 e. The lowest BCUT2D eigenvalue weighted by Crippen LogP contribution is -2.42. The minimum absolute atomic E-state index is 0.118. The summed E-state index contributed by atoms with van der Waals surface area (Å²) in [4.78, 5) is 8.90. The summed E-state index contributed by atoms with van der Waals surface area (Å²) in [5.41, 5.74) is 6.49. The fourth-order valence-corrected chi connectivity index (χ4v) is 5.76. The van der Waals surface area contributed by atoms with E-state index in [1.807, 2.05) is 29.2 Å². The number of anilines is 2. The molecule has 0 radical (unpaired) electrons. The van der Waals surface area contributed by atoms with Gasteiger partial charge >= 0.3 is 0 Å². The van der Waals surface area contributed by atoms with Crippen molar-refractivity contribution in [2.75, 3.05) is 16.8 Å². The van der Waals surface area contributed by atoms with E-state index in [2.05, 4.69) is 61.2 Å². The van der Waals surface area contributed by atoms with Crippen molar-refractivity contribution in [3.63, 3.8) is 0 Å². The van der Waals surface area contributed by atoms with Crippen molar-refractivity contribution in [1.29, 1.82) is 0 Å². The van der Waals surface area contributed by atoms with E-state index in [9.17, 15) is 4.39 Å². The van der Waals surface area contributed by atoms with Gasteiger partial charge in [0.2, 0.25) is 0 Å². The Morgan fingerprint density at radius 1 is 1.11 bits per heavy atom. The second-order valence-electron chi connectivity index (χ2n) is 9.86. The van der Waals surface area contributed by atoms with E-state index in [4.69, 9.17) is 23.8 Å². The fourth-order valence-electron chi connectivity index (χ4n) is 5.14. The Morgan fingerprint density at radius 3 is 2.57 bits per heavy atom. The minimum atomic E-state index is -0.270. The molecule has 0 bridgehead atoms. The number of hydrogen-bond acceptors (Lipinski definition) is 3. The van der Waals surface area contributed by atoms with Crippen LogP contribution < -0.4 is 15.1 Å². The fraction of sp³-hybridized carbons (Fsp3) is 0.286. The van der Waals surface area contributed by atoms with E-state index in [1.165, 1.54) is 11.6 Å². The molecule has 2 atom stereocenters. The summed E-state index contributed by atoms with van der Waals surface area (Å²) in [6, 6.07) is 14.6. The lowest BCUT2D eigenvalue weighted by Gasteiger charge is -2.41. The highest BCUT2D eigenvalue weighted by atomic mass is 35.5. The quantitative estimate of drug-likeness (QED) is 0.387. The van der Waals surface area contributed by atoms with E-state index in [-0.39, 0.29) is 23.4 Å². The van der Waals surface area contributed by atoms with Gasteiger partial charge in [0.15, 0.2) is 5.11 Å². The highest BCUT2D eigenvalue weighted by Crippen LogP contribution is 2.48. The first-order valence-corrected chi connectivity index (χ1v) is 12.4. The zero-order valence-corrected chi connectivity index (χ0v) is 22.0. The van der Waals surface area contributed by atoms with Crippen LogP contribution in [0, 0.1) is 12.7 Å². The molecule has 5 rings (SSSR count). The maximum Gasteiger partial charge on any atom is 0.174 e. The largest absolute Gasteiger partial charge is 0.365 e. The molecule has 0 amide bonds. The summed E-state index contributed by atoms with van der Waals surface area (Å²) in [6.07, 6.45) is 4.06. The maximum atomic E-state index is 14.1. The van der Waals surface area contributed by atoms with Crippen LogP contribution >= 0.6 is 23.8 Å². The Bertz CT molecular complexity index is 1350. The second kappa shape index (κ2) is 8.61. The minimum Gasteiger partial charge on any atom is -0.365 e. The number of hydrogen-bond donors (Lipinski definition) is 1. The van der Waals surface area contributed by atoms with Gasteiger partial charge in [0.25, 0.3) is 0 Å². The molecule has 1 fully saturated rings. The van der Waals surface area contributed by atoms with Crippen LogP contribution in [0.2, 0.25) is 5.02 Å². The van der Waals surface area contributed by atoms with Crippen molar-refractivity contribution in [3.8, 4) is 0 Å². The van der Waals surface area contributed by atoms with Crippen LogP contribution in [0.4, 0.5) is 15.8 Å². The van der Waals surface area contributed by atoms with E-state index >= 15 is 0 Å². The number of nitrogens with zero attached hydrogens (tertiary/aromatic N) is 3. The molecular formula is C28H28ClFN4S. The molecule has 1 N–H and O–H groups in total. The predicted molar refractivity (Wildman–Crippen MR) is 147 cm³/mol. The average molecular weight is 507 g/mol. The monoisotopic (exact) mass is 506 g/mol. The van der Waals surface area contributed by atoms with Crippen molar-refractivity contribution in [3.05, 3.63) is 94.0 Å². The highest BCUT2D eigenvalue weighted by Gasteiger charge is 2.42. The van der Waals surface area contributed by atoms with E-state index in [0.29, 0.717) is 15.7 Å². The first-order valence-electron chi connectivity index (χ1n) is 11.6. The number of benzene rings is 2. The summed E-state index contributed by atoms with van der Waals surface area (Å²) in [5, 5.41) is 4.67. The Kier molecular flexibility index (Phi) is 5.85. The van der Waals surface area contributed by atoms with E-state index in [1.54, 1.807) is 19.2 Å². The van der Waals surface area contributed by atoms with Gasteiger partial charge in [-0.15, -0.1) is 0 Å². The van der Waals surface area contributed by atoms with Gasteiger partial charge in [-0.05, 0) is 99.1 Å². The number of halogens is 2. The molecule has 180 valence electrons. The maximum absolute atomic E-state index is 14.1. The molecule has 4 nitrogen and oxygen atoms in total. The van der Waals surface area contributed by atoms with Crippen LogP contribution in [0.25, 0.3) is 5.57 Å². The molecule has 35 heavy (non-hydrogen) atoms. The van der Waals surface area contributed by atoms with Crippen molar-refractivity contribution >= 4 is 45.9 Å². The molecule has 1 saturated heterocycles. The molecule has 0 spiro atoms. The standard InChI is InChI=1S/C28H28ClFN4S/c1-16-12-18(9-10-22(16)30)34-26(25(32-27(34)35)23-8-6-7-11-31-23)20-13-19-17(2)15-28(3,4)33(5)24(19)14-21(20)29/h6-15,25-26H,1-5H3,(H,32,35)/t25-,26+/m1/s1. The summed E-state index contributed by atoms with van der Waals surface area (Å²) in [6.45, 7) is 8.28. The number of nitrogens with one attached hydrogen (secondary N) is 1. The molecule has 1 aromatic heterocycles. The highest BCUT2D eigenvalue weighted by molar-refractivity contribution is 7.80. The molecular weight excluding hydrogens is 479 g/mol. The summed E-state index contributed by atoms with van der Waals surface area (Å²) >= 11 is 12.9. The third-order valence-electron chi connectivity index (χ3n) is 7.17. The van der Waals surface area contributed by atoms with Crippen LogP contribution in [0.3, 0.4) is 0 Å². The van der Waals surface area contributed by atoms with Crippen molar-refractivity contribution in [2.45, 2.75) is 45.3 Å². The molecule has 2 aliphatic rings. The molecule has 3 aromatic rings. The number of allylic oxidation sites excluding steroid dienone is 1. The molecule has 0 aliphatic carbocycles. The predicted octanol–water partition coefficient (Wildman–Crippen LogP) is 6.99. The summed E-state index contributed by atoms with van der Waals surface area (Å²) < 4.78 is 14.1. The molecule has 0 saturated carbocycles. The van der Waals surface area contributed by atoms with Gasteiger partial charge < -0.3 is 15.1 Å². The van der Waals surface area contributed by atoms with Crippen LogP contribution in [-0.2, 0) is 0 Å². The van der Waals surface area contributed by atoms with E-state index < -0.39 is 0 Å². The molecule has 3 heterocycles. The van der Waals surface area contributed by atoms with Crippen molar-refractivity contribution < 1.29 is 4.39 Å². The number of thiocarbonyl (C=S) groups is 1. The van der Waals surface area contributed by atoms with Gasteiger partial charge in [0.1, 0.15) is 5.82 Å². The molecule has 7 heteroatoms. The van der Waals surface area contributed by atoms with Gasteiger partial charge in [0.05, 0.1) is 23.3 Å². The first kappa shape index (κ1) is 23.8. The lowest BCUT2D eigenvalue weighted by molar-refractivity contribution is 0.566. The van der Waals surface area contributed by atoms with Gasteiger partial charge in [-0.3, -0.25) is 4.98 Å². The van der Waals surface area contributed by atoms with Crippen LogP contribution in [0.1, 0.15) is 55.2 Å². The number of aryl methyl sites for hydroxylation is 1. The number of fused-ring (bicyclic) bond motifs is 1. The topological polar surface area (TPSA) is 31.4 Å². The van der Waals surface area contributed by atoms with Crippen LogP contribution in [0.5, 0.6) is 0 Å². The number of rotatable bonds is 3. The zero-order chi connectivity index (χ0) is 25.1. The van der Waals surface area contributed by atoms with Crippen molar-refractivity contribution in [2.24, 2.45) is 0 Å². The Labute approximate surface area is 216 Å². The zero-order valence-electron chi connectivity index (χ0n) is 20.4. The number of aromatic nitrogens is 1. The Hall–Kier alpha value is -2.96. The lowest BCUT2D eigenvalue weighted by atomic mass is 9.86. The Balaban J connectivity index is 1.71. The van der Waals surface area contributed by atoms with E-state index in [0.717, 1.165) is 28.2 Å². The average Bonchev–Trinajstić information content (AvgIpc) is 3.16. The van der Waals surface area contributed by atoms with Gasteiger partial charge in [-0.2, -0.15) is 0 Å². The molecule has 0 unspecified atom stereocenters. The van der Waals surface area contributed by atoms with Crippen LogP contribution in [-0.4, -0.2) is 22.7 Å².